The zero-order valence-corrected chi connectivity index (χ0v) is 10.6. The minimum absolute atomic E-state index is 0.414. The first-order valence-corrected chi connectivity index (χ1v) is 6.93. The van der Waals surface area contributed by atoms with Crippen LogP contribution in [0.1, 0.15) is 38.5 Å². The van der Waals surface area contributed by atoms with Gasteiger partial charge >= 0.3 is 0 Å². The molecule has 1 aliphatic carbocycles. The quantitative estimate of drug-likeness (QED) is 0.755. The molecule has 2 unspecified atom stereocenters. The van der Waals surface area contributed by atoms with Crippen molar-refractivity contribution in [2.24, 2.45) is 11.7 Å². The minimum Gasteiger partial charge on any atom is -0.326 e. The summed E-state index contributed by atoms with van der Waals surface area (Å²) >= 11 is 0. The summed E-state index contributed by atoms with van der Waals surface area (Å²) in [6.07, 6.45) is 7.92. The van der Waals surface area contributed by atoms with Crippen LogP contribution >= 0.6 is 0 Å². The molecule has 0 aromatic carbocycles. The Morgan fingerprint density at radius 3 is 2.56 bits per heavy atom. The Labute approximate surface area is 99.8 Å². The van der Waals surface area contributed by atoms with E-state index in [1.165, 1.54) is 58.2 Å². The lowest BCUT2D eigenvalue weighted by Crippen LogP contribution is -2.42. The predicted octanol–water partition coefficient (Wildman–Crippen LogP) is 1.19. The van der Waals surface area contributed by atoms with Gasteiger partial charge in [-0.3, -0.25) is 0 Å². The smallest absolute Gasteiger partial charge is 0.0219 e. The molecule has 1 saturated heterocycles. The Kier molecular flexibility index (Phi) is 4.62. The van der Waals surface area contributed by atoms with Crippen molar-refractivity contribution in [2.75, 3.05) is 26.7 Å². The normalized spacial score (nSPS) is 33.4. The highest BCUT2D eigenvalue weighted by Crippen LogP contribution is 2.20. The average molecular weight is 225 g/mol. The number of likely N-dealkylation sites (tertiary alicyclic amines) is 1. The third-order valence-corrected chi connectivity index (χ3v) is 4.37. The van der Waals surface area contributed by atoms with Crippen molar-refractivity contribution in [3.63, 3.8) is 0 Å². The van der Waals surface area contributed by atoms with Gasteiger partial charge in [0.25, 0.3) is 0 Å². The predicted molar refractivity (Wildman–Crippen MR) is 68.5 cm³/mol. The van der Waals surface area contributed by atoms with Crippen molar-refractivity contribution in [3.05, 3.63) is 0 Å². The highest BCUT2D eigenvalue weighted by molar-refractivity contribution is 4.86. The van der Waals surface area contributed by atoms with Crippen LogP contribution in [-0.4, -0.2) is 43.7 Å². The fourth-order valence-electron chi connectivity index (χ4n) is 3.07. The first-order chi connectivity index (χ1) is 7.75. The SMILES string of the molecule is CN1CCC(CCNC2CCCC2N)CC1. The third kappa shape index (κ3) is 3.44. The zero-order chi connectivity index (χ0) is 11.4. The zero-order valence-electron chi connectivity index (χ0n) is 10.6. The second kappa shape index (κ2) is 5.99. The van der Waals surface area contributed by atoms with E-state index in [2.05, 4.69) is 17.3 Å². The Bertz CT molecular complexity index is 199. The van der Waals surface area contributed by atoms with Crippen molar-refractivity contribution in [2.45, 2.75) is 50.6 Å². The van der Waals surface area contributed by atoms with Gasteiger partial charge in [-0.15, -0.1) is 0 Å². The van der Waals surface area contributed by atoms with Gasteiger partial charge in [0, 0.05) is 12.1 Å². The van der Waals surface area contributed by atoms with Crippen LogP contribution in [0.4, 0.5) is 0 Å². The second-order valence-corrected chi connectivity index (χ2v) is 5.69. The van der Waals surface area contributed by atoms with Crippen molar-refractivity contribution in [1.29, 1.82) is 0 Å². The van der Waals surface area contributed by atoms with Gasteiger partial charge in [0.15, 0.2) is 0 Å². The fourth-order valence-corrected chi connectivity index (χ4v) is 3.07. The van der Waals surface area contributed by atoms with E-state index < -0.39 is 0 Å². The van der Waals surface area contributed by atoms with Crippen LogP contribution in [-0.2, 0) is 0 Å². The van der Waals surface area contributed by atoms with Crippen molar-refractivity contribution >= 4 is 0 Å². The second-order valence-electron chi connectivity index (χ2n) is 5.69. The van der Waals surface area contributed by atoms with Crippen LogP contribution < -0.4 is 11.1 Å². The fraction of sp³-hybridized carbons (Fsp3) is 1.00. The Hall–Kier alpha value is -0.120. The minimum atomic E-state index is 0.414. The maximum atomic E-state index is 6.05. The van der Waals surface area contributed by atoms with E-state index in [-0.39, 0.29) is 0 Å². The first kappa shape index (κ1) is 12.3. The molecule has 1 aliphatic heterocycles. The number of hydrogen-bond acceptors (Lipinski definition) is 3. The highest BCUT2D eigenvalue weighted by Gasteiger charge is 2.23. The molecule has 2 aliphatic rings. The van der Waals surface area contributed by atoms with E-state index in [1.807, 2.05) is 0 Å². The highest BCUT2D eigenvalue weighted by atomic mass is 15.1. The summed E-state index contributed by atoms with van der Waals surface area (Å²) in [6.45, 7) is 3.74. The first-order valence-electron chi connectivity index (χ1n) is 6.93. The van der Waals surface area contributed by atoms with E-state index in [1.54, 1.807) is 0 Å². The molecule has 0 bridgehead atoms. The molecule has 0 spiro atoms. The number of piperidine rings is 1. The Balaban J connectivity index is 1.57. The third-order valence-electron chi connectivity index (χ3n) is 4.37. The van der Waals surface area contributed by atoms with Crippen molar-refractivity contribution < 1.29 is 0 Å². The summed E-state index contributed by atoms with van der Waals surface area (Å²) in [4.78, 5) is 2.44. The van der Waals surface area contributed by atoms with Gasteiger partial charge in [-0.25, -0.2) is 0 Å². The standard InChI is InChI=1S/C13H27N3/c1-16-9-6-11(7-10-16)5-8-15-13-4-2-3-12(13)14/h11-13,15H,2-10,14H2,1H3. The van der Waals surface area contributed by atoms with Gasteiger partial charge < -0.3 is 16.0 Å². The van der Waals surface area contributed by atoms with E-state index in [0.717, 1.165) is 5.92 Å². The lowest BCUT2D eigenvalue weighted by Gasteiger charge is -2.29. The molecule has 0 radical (unpaired) electrons. The van der Waals surface area contributed by atoms with Gasteiger partial charge in [-0.2, -0.15) is 0 Å². The number of nitrogens with two attached hydrogens (primary N) is 1. The molecule has 16 heavy (non-hydrogen) atoms. The molecular formula is C13H27N3. The van der Waals surface area contributed by atoms with Crippen molar-refractivity contribution in [1.82, 2.24) is 10.2 Å². The summed E-state index contributed by atoms with van der Waals surface area (Å²) in [5.41, 5.74) is 6.05. The van der Waals surface area contributed by atoms with Crippen LogP contribution in [0.25, 0.3) is 0 Å². The van der Waals surface area contributed by atoms with Gasteiger partial charge in [0.05, 0.1) is 0 Å². The Morgan fingerprint density at radius 1 is 1.19 bits per heavy atom. The molecule has 2 rings (SSSR count). The summed E-state index contributed by atoms with van der Waals surface area (Å²) in [7, 11) is 2.23. The molecule has 94 valence electrons. The topological polar surface area (TPSA) is 41.3 Å². The molecule has 2 atom stereocenters. The van der Waals surface area contributed by atoms with E-state index >= 15 is 0 Å². The van der Waals surface area contributed by atoms with Crippen LogP contribution in [0.3, 0.4) is 0 Å². The number of nitrogens with one attached hydrogen (secondary N) is 1. The molecular weight excluding hydrogens is 198 g/mol. The average Bonchev–Trinajstić information content (AvgIpc) is 2.68. The van der Waals surface area contributed by atoms with Gasteiger partial charge in [0.2, 0.25) is 0 Å². The van der Waals surface area contributed by atoms with Crippen molar-refractivity contribution in [3.8, 4) is 0 Å². The number of nitrogens with zero attached hydrogens (tertiary/aromatic N) is 1. The van der Waals surface area contributed by atoms with E-state index in [4.69, 9.17) is 5.73 Å². The molecule has 3 heteroatoms. The maximum absolute atomic E-state index is 6.05. The summed E-state index contributed by atoms with van der Waals surface area (Å²) in [5.74, 6) is 0.946. The number of rotatable bonds is 4. The lowest BCUT2D eigenvalue weighted by molar-refractivity contribution is 0.210. The number of hydrogen-bond donors (Lipinski definition) is 2. The molecule has 3 N–H and O–H groups in total. The van der Waals surface area contributed by atoms with E-state index in [0.29, 0.717) is 12.1 Å². The molecule has 0 amide bonds. The summed E-state index contributed by atoms with van der Waals surface area (Å²) in [5, 5.41) is 3.65. The molecule has 1 heterocycles. The molecule has 3 nitrogen and oxygen atoms in total. The summed E-state index contributed by atoms with van der Waals surface area (Å²) < 4.78 is 0. The molecule has 0 aromatic heterocycles. The van der Waals surface area contributed by atoms with Gasteiger partial charge in [-0.05, 0) is 64.7 Å². The van der Waals surface area contributed by atoms with Crippen LogP contribution in [0.5, 0.6) is 0 Å². The monoisotopic (exact) mass is 225 g/mol. The van der Waals surface area contributed by atoms with Crippen LogP contribution in [0.2, 0.25) is 0 Å². The Morgan fingerprint density at radius 2 is 1.94 bits per heavy atom. The molecule has 0 aromatic rings. The van der Waals surface area contributed by atoms with Gasteiger partial charge in [0.1, 0.15) is 0 Å². The summed E-state index contributed by atoms with van der Waals surface area (Å²) in [6, 6.07) is 1.02. The van der Waals surface area contributed by atoms with Crippen LogP contribution in [0.15, 0.2) is 0 Å². The largest absolute Gasteiger partial charge is 0.326 e. The molecule has 2 fully saturated rings. The maximum Gasteiger partial charge on any atom is 0.0219 e. The lowest BCUT2D eigenvalue weighted by atomic mass is 9.94. The van der Waals surface area contributed by atoms with E-state index in [9.17, 15) is 0 Å². The van der Waals surface area contributed by atoms with Crippen LogP contribution in [0, 0.1) is 5.92 Å². The van der Waals surface area contributed by atoms with Gasteiger partial charge in [-0.1, -0.05) is 6.42 Å². The molecule has 1 saturated carbocycles.